The number of morpholine rings is 1. The second-order valence-corrected chi connectivity index (χ2v) is 5.17. The highest BCUT2D eigenvalue weighted by molar-refractivity contribution is 9.10. The van der Waals surface area contributed by atoms with Crippen molar-refractivity contribution >= 4 is 21.8 Å². The van der Waals surface area contributed by atoms with Gasteiger partial charge in [0.1, 0.15) is 5.69 Å². The number of halogens is 1. The van der Waals surface area contributed by atoms with Gasteiger partial charge in [-0.2, -0.15) is 0 Å². The molecule has 0 bridgehead atoms. The second-order valence-electron chi connectivity index (χ2n) is 4.25. The smallest absolute Gasteiger partial charge is 0.270 e. The van der Waals surface area contributed by atoms with Crippen LogP contribution in [0.4, 0.5) is 0 Å². The maximum Gasteiger partial charge on any atom is 0.270 e. The third-order valence-electron chi connectivity index (χ3n) is 3.05. The van der Waals surface area contributed by atoms with E-state index in [1.165, 1.54) is 0 Å². The van der Waals surface area contributed by atoms with Crippen molar-refractivity contribution in [1.29, 1.82) is 0 Å². The molecule has 0 saturated carbocycles. The lowest BCUT2D eigenvalue weighted by atomic mass is 10.2. The number of aromatic nitrogens is 1. The van der Waals surface area contributed by atoms with Gasteiger partial charge in [-0.3, -0.25) is 4.79 Å². The van der Waals surface area contributed by atoms with Crippen molar-refractivity contribution in [3.05, 3.63) is 22.4 Å². The lowest BCUT2D eigenvalue weighted by Gasteiger charge is -2.33. The minimum Gasteiger partial charge on any atom is -0.377 e. The molecule has 0 N–H and O–H groups in total. The van der Waals surface area contributed by atoms with Crippen LogP contribution in [-0.2, 0) is 11.3 Å². The summed E-state index contributed by atoms with van der Waals surface area (Å²) in [4.78, 5) is 14.3. The van der Waals surface area contributed by atoms with Crippen molar-refractivity contribution in [2.45, 2.75) is 26.4 Å². The summed E-state index contributed by atoms with van der Waals surface area (Å²) in [6.07, 6.45) is 1.94. The van der Waals surface area contributed by atoms with Crippen molar-refractivity contribution in [3.8, 4) is 0 Å². The molecular formula is C12H17BrN2O2. The molecule has 17 heavy (non-hydrogen) atoms. The zero-order valence-corrected chi connectivity index (χ0v) is 11.7. The summed E-state index contributed by atoms with van der Waals surface area (Å²) in [6.45, 7) is 6.78. The van der Waals surface area contributed by atoms with E-state index in [1.807, 2.05) is 35.6 Å². The third kappa shape index (κ3) is 2.55. The van der Waals surface area contributed by atoms with E-state index in [9.17, 15) is 4.79 Å². The number of amides is 1. The number of rotatable bonds is 2. The Balaban J connectivity index is 2.23. The Morgan fingerprint density at radius 1 is 1.65 bits per heavy atom. The van der Waals surface area contributed by atoms with Gasteiger partial charge in [-0.05, 0) is 35.8 Å². The van der Waals surface area contributed by atoms with Gasteiger partial charge in [0.05, 0.1) is 19.3 Å². The highest BCUT2D eigenvalue weighted by Gasteiger charge is 2.26. The van der Waals surface area contributed by atoms with Crippen LogP contribution in [0, 0.1) is 0 Å². The predicted molar refractivity (Wildman–Crippen MR) is 69.1 cm³/mol. The molecule has 1 aliphatic heterocycles. The topological polar surface area (TPSA) is 34.5 Å². The first kappa shape index (κ1) is 12.6. The second kappa shape index (κ2) is 5.23. The molecule has 1 fully saturated rings. The van der Waals surface area contributed by atoms with Crippen LogP contribution < -0.4 is 0 Å². The summed E-state index contributed by atoms with van der Waals surface area (Å²) in [5.41, 5.74) is 0.744. The molecule has 1 saturated heterocycles. The summed E-state index contributed by atoms with van der Waals surface area (Å²) < 4.78 is 8.26. The summed E-state index contributed by atoms with van der Waals surface area (Å²) in [7, 11) is 0. The Kier molecular flexibility index (Phi) is 3.89. The summed E-state index contributed by atoms with van der Waals surface area (Å²) in [5, 5.41) is 0. The number of hydrogen-bond donors (Lipinski definition) is 0. The van der Waals surface area contributed by atoms with E-state index in [4.69, 9.17) is 4.74 Å². The predicted octanol–water partition coefficient (Wildman–Crippen LogP) is 2.13. The van der Waals surface area contributed by atoms with Crippen LogP contribution in [0.5, 0.6) is 0 Å². The van der Waals surface area contributed by atoms with E-state index in [0.29, 0.717) is 19.8 Å². The first-order chi connectivity index (χ1) is 8.13. The van der Waals surface area contributed by atoms with Gasteiger partial charge in [-0.25, -0.2) is 0 Å². The number of ether oxygens (including phenoxy) is 1. The van der Waals surface area contributed by atoms with Crippen LogP contribution in [0.1, 0.15) is 24.3 Å². The van der Waals surface area contributed by atoms with Crippen molar-refractivity contribution < 1.29 is 9.53 Å². The van der Waals surface area contributed by atoms with Crippen molar-refractivity contribution in [2.24, 2.45) is 0 Å². The number of nitrogens with zero attached hydrogens (tertiary/aromatic N) is 2. The van der Waals surface area contributed by atoms with Gasteiger partial charge in [0.2, 0.25) is 0 Å². The minimum absolute atomic E-state index is 0.0911. The molecule has 1 unspecified atom stereocenters. The van der Waals surface area contributed by atoms with Crippen molar-refractivity contribution in [3.63, 3.8) is 0 Å². The first-order valence-corrected chi connectivity index (χ1v) is 6.67. The minimum atomic E-state index is 0.0911. The van der Waals surface area contributed by atoms with Crippen LogP contribution in [0.3, 0.4) is 0 Å². The lowest BCUT2D eigenvalue weighted by molar-refractivity contribution is 0.00303. The highest BCUT2D eigenvalue weighted by Crippen LogP contribution is 2.18. The van der Waals surface area contributed by atoms with E-state index in [-0.39, 0.29) is 11.9 Å². The Morgan fingerprint density at radius 2 is 2.41 bits per heavy atom. The van der Waals surface area contributed by atoms with Crippen LogP contribution in [0.25, 0.3) is 0 Å². The molecule has 5 heteroatoms. The van der Waals surface area contributed by atoms with E-state index >= 15 is 0 Å². The Labute approximate surface area is 110 Å². The maximum absolute atomic E-state index is 12.4. The van der Waals surface area contributed by atoms with Gasteiger partial charge in [0.15, 0.2) is 0 Å². The van der Waals surface area contributed by atoms with E-state index in [0.717, 1.165) is 16.7 Å². The van der Waals surface area contributed by atoms with Gasteiger partial charge >= 0.3 is 0 Å². The van der Waals surface area contributed by atoms with E-state index in [1.54, 1.807) is 0 Å². The first-order valence-electron chi connectivity index (χ1n) is 5.88. The molecule has 94 valence electrons. The normalized spacial score (nSPS) is 20.6. The largest absolute Gasteiger partial charge is 0.377 e. The quantitative estimate of drug-likeness (QED) is 0.838. The van der Waals surface area contributed by atoms with E-state index < -0.39 is 0 Å². The molecule has 1 amide bonds. The number of carbonyl (C=O) groups excluding carboxylic acids is 1. The monoisotopic (exact) mass is 300 g/mol. The van der Waals surface area contributed by atoms with Crippen LogP contribution in [-0.4, -0.2) is 41.2 Å². The standard InChI is InChI=1S/C12H17BrN2O2/c1-3-14-7-10(13)6-11(14)12(16)15-4-5-17-8-9(15)2/h6-7,9H,3-5,8H2,1-2H3. The fraction of sp³-hybridized carbons (Fsp3) is 0.583. The van der Waals surface area contributed by atoms with Crippen LogP contribution >= 0.6 is 15.9 Å². The number of aryl methyl sites for hydroxylation is 1. The molecule has 4 nitrogen and oxygen atoms in total. The summed E-state index contributed by atoms with van der Waals surface area (Å²) in [5.74, 6) is 0.0911. The molecule has 1 aromatic heterocycles. The molecule has 1 atom stereocenters. The van der Waals surface area contributed by atoms with Gasteiger partial charge in [0.25, 0.3) is 5.91 Å². The average molecular weight is 301 g/mol. The average Bonchev–Trinajstić information content (AvgIpc) is 2.70. The lowest BCUT2D eigenvalue weighted by Crippen LogP contribution is -2.47. The molecule has 2 heterocycles. The molecule has 0 radical (unpaired) electrons. The number of carbonyl (C=O) groups is 1. The highest BCUT2D eigenvalue weighted by atomic mass is 79.9. The molecule has 1 aromatic rings. The van der Waals surface area contributed by atoms with Crippen LogP contribution in [0.2, 0.25) is 0 Å². The van der Waals surface area contributed by atoms with E-state index in [2.05, 4.69) is 15.9 Å². The fourth-order valence-electron chi connectivity index (χ4n) is 2.09. The Morgan fingerprint density at radius 3 is 3.06 bits per heavy atom. The molecular weight excluding hydrogens is 284 g/mol. The molecule has 0 aliphatic carbocycles. The Bertz CT molecular complexity index is 417. The zero-order chi connectivity index (χ0) is 12.4. The van der Waals surface area contributed by atoms with Gasteiger partial charge in [-0.15, -0.1) is 0 Å². The molecule has 0 spiro atoms. The summed E-state index contributed by atoms with van der Waals surface area (Å²) >= 11 is 3.41. The molecule has 0 aromatic carbocycles. The van der Waals surface area contributed by atoms with Crippen molar-refractivity contribution in [2.75, 3.05) is 19.8 Å². The third-order valence-corrected chi connectivity index (χ3v) is 3.49. The molecule has 1 aliphatic rings. The maximum atomic E-state index is 12.4. The zero-order valence-electron chi connectivity index (χ0n) is 10.1. The van der Waals surface area contributed by atoms with Crippen molar-refractivity contribution in [1.82, 2.24) is 9.47 Å². The SMILES string of the molecule is CCn1cc(Br)cc1C(=O)N1CCOCC1C. The fourth-order valence-corrected chi connectivity index (χ4v) is 2.56. The molecule has 2 rings (SSSR count). The Hall–Kier alpha value is -0.810. The van der Waals surface area contributed by atoms with Gasteiger partial charge < -0.3 is 14.2 Å². The number of hydrogen-bond acceptors (Lipinski definition) is 2. The van der Waals surface area contributed by atoms with Crippen LogP contribution in [0.15, 0.2) is 16.7 Å². The summed E-state index contributed by atoms with van der Waals surface area (Å²) in [6, 6.07) is 2.03. The van der Waals surface area contributed by atoms with Gasteiger partial charge in [-0.1, -0.05) is 0 Å². The van der Waals surface area contributed by atoms with Gasteiger partial charge in [0, 0.05) is 23.8 Å².